The normalized spacial score (nSPS) is 12.3. The third-order valence-corrected chi connectivity index (χ3v) is 5.88. The SMILES string of the molecule is CC[C@@H](C(=O)NCCCc1cccc(OC)c1)N(c1cccc(Cl)c1)S(C)(=O)=O. The molecule has 0 spiro atoms. The van der Waals surface area contributed by atoms with Crippen molar-refractivity contribution in [1.29, 1.82) is 0 Å². The molecule has 0 aliphatic heterocycles. The first-order valence-electron chi connectivity index (χ1n) is 9.42. The number of sulfonamides is 1. The lowest BCUT2D eigenvalue weighted by atomic mass is 10.1. The number of carbonyl (C=O) groups is 1. The van der Waals surface area contributed by atoms with E-state index in [0.717, 1.165) is 34.7 Å². The molecule has 29 heavy (non-hydrogen) atoms. The Morgan fingerprint density at radius 3 is 2.55 bits per heavy atom. The van der Waals surface area contributed by atoms with Gasteiger partial charge in [-0.05, 0) is 55.2 Å². The lowest BCUT2D eigenvalue weighted by molar-refractivity contribution is -0.122. The molecule has 0 saturated heterocycles. The highest BCUT2D eigenvalue weighted by Crippen LogP contribution is 2.25. The molecule has 2 rings (SSSR count). The van der Waals surface area contributed by atoms with E-state index in [9.17, 15) is 13.2 Å². The number of rotatable bonds is 10. The van der Waals surface area contributed by atoms with Crippen molar-refractivity contribution in [2.45, 2.75) is 32.2 Å². The molecule has 158 valence electrons. The Bertz CT molecular complexity index is 934. The number of anilines is 1. The number of ether oxygens (including phenoxy) is 1. The molecule has 0 fully saturated rings. The molecule has 2 aromatic rings. The molecule has 0 bridgehead atoms. The first-order valence-corrected chi connectivity index (χ1v) is 11.6. The van der Waals surface area contributed by atoms with E-state index in [2.05, 4.69) is 5.32 Å². The Morgan fingerprint density at radius 1 is 1.21 bits per heavy atom. The van der Waals surface area contributed by atoms with Gasteiger partial charge >= 0.3 is 0 Å². The highest BCUT2D eigenvalue weighted by atomic mass is 35.5. The van der Waals surface area contributed by atoms with E-state index in [1.165, 1.54) is 0 Å². The van der Waals surface area contributed by atoms with Crippen molar-refractivity contribution < 1.29 is 17.9 Å². The second-order valence-electron chi connectivity index (χ2n) is 6.71. The number of methoxy groups -OCH3 is 1. The molecule has 0 aliphatic rings. The molecule has 0 aromatic heterocycles. The van der Waals surface area contributed by atoms with Gasteiger partial charge in [0.1, 0.15) is 11.8 Å². The summed E-state index contributed by atoms with van der Waals surface area (Å²) in [6.07, 6.45) is 2.93. The number of benzene rings is 2. The van der Waals surface area contributed by atoms with Crippen molar-refractivity contribution in [3.63, 3.8) is 0 Å². The number of hydrogen-bond acceptors (Lipinski definition) is 4. The summed E-state index contributed by atoms with van der Waals surface area (Å²) in [6, 6.07) is 13.4. The maximum Gasteiger partial charge on any atom is 0.243 e. The fourth-order valence-corrected chi connectivity index (χ4v) is 4.51. The topological polar surface area (TPSA) is 75.7 Å². The second kappa shape index (κ2) is 10.5. The van der Waals surface area contributed by atoms with Crippen LogP contribution in [-0.2, 0) is 21.2 Å². The van der Waals surface area contributed by atoms with Gasteiger partial charge in [0.2, 0.25) is 15.9 Å². The summed E-state index contributed by atoms with van der Waals surface area (Å²) >= 11 is 6.02. The summed E-state index contributed by atoms with van der Waals surface area (Å²) < 4.78 is 31.2. The van der Waals surface area contributed by atoms with Crippen LogP contribution in [0.5, 0.6) is 5.75 Å². The lowest BCUT2D eigenvalue weighted by Gasteiger charge is -2.30. The van der Waals surface area contributed by atoms with E-state index in [4.69, 9.17) is 16.3 Å². The molecule has 0 heterocycles. The van der Waals surface area contributed by atoms with Gasteiger partial charge in [-0.25, -0.2) is 8.42 Å². The fraction of sp³-hybridized carbons (Fsp3) is 0.381. The number of hydrogen-bond donors (Lipinski definition) is 1. The summed E-state index contributed by atoms with van der Waals surface area (Å²) in [4.78, 5) is 12.8. The van der Waals surface area contributed by atoms with Gasteiger partial charge in [0.05, 0.1) is 19.1 Å². The highest BCUT2D eigenvalue weighted by Gasteiger charge is 2.31. The first kappa shape index (κ1) is 23.0. The van der Waals surface area contributed by atoms with E-state index >= 15 is 0 Å². The largest absolute Gasteiger partial charge is 0.497 e. The van der Waals surface area contributed by atoms with Crippen LogP contribution >= 0.6 is 11.6 Å². The summed E-state index contributed by atoms with van der Waals surface area (Å²) in [7, 11) is -2.05. The minimum absolute atomic E-state index is 0.330. The zero-order valence-corrected chi connectivity index (χ0v) is 18.5. The number of nitrogens with zero attached hydrogens (tertiary/aromatic N) is 1. The zero-order chi connectivity index (χ0) is 21.4. The average Bonchev–Trinajstić information content (AvgIpc) is 2.68. The van der Waals surface area contributed by atoms with Gasteiger partial charge in [-0.3, -0.25) is 9.10 Å². The maximum atomic E-state index is 12.8. The summed E-state index contributed by atoms with van der Waals surface area (Å²) in [5, 5.41) is 3.27. The minimum atomic E-state index is -3.67. The predicted molar refractivity (Wildman–Crippen MR) is 117 cm³/mol. The van der Waals surface area contributed by atoms with E-state index in [1.54, 1.807) is 38.3 Å². The van der Waals surface area contributed by atoms with Crippen LogP contribution in [0.4, 0.5) is 5.69 Å². The van der Waals surface area contributed by atoms with Crippen molar-refractivity contribution in [3.05, 3.63) is 59.1 Å². The molecule has 1 amide bonds. The standard InChI is InChI=1S/C21H27ClN2O4S/c1-4-20(24(29(3,26)27)18-11-6-10-17(22)15-18)21(25)23-13-7-9-16-8-5-12-19(14-16)28-2/h5-6,8,10-12,14-15,20H,4,7,9,13H2,1-3H3,(H,23,25)/t20-/m0/s1. The van der Waals surface area contributed by atoms with Crippen LogP contribution < -0.4 is 14.4 Å². The van der Waals surface area contributed by atoms with Gasteiger partial charge in [-0.1, -0.05) is 36.7 Å². The molecular formula is C21H27ClN2O4S. The van der Waals surface area contributed by atoms with Crippen LogP contribution in [0.1, 0.15) is 25.3 Å². The Hall–Kier alpha value is -2.25. The molecule has 0 unspecified atom stereocenters. The molecule has 1 atom stereocenters. The van der Waals surface area contributed by atoms with Crippen molar-refractivity contribution in [3.8, 4) is 5.75 Å². The second-order valence-corrected chi connectivity index (χ2v) is 9.00. The summed E-state index contributed by atoms with van der Waals surface area (Å²) in [5.74, 6) is 0.464. The van der Waals surface area contributed by atoms with Gasteiger partial charge in [-0.15, -0.1) is 0 Å². The van der Waals surface area contributed by atoms with Crippen molar-refractivity contribution in [1.82, 2.24) is 5.32 Å². The van der Waals surface area contributed by atoms with Crippen molar-refractivity contribution in [2.75, 3.05) is 24.2 Å². The molecule has 0 radical (unpaired) electrons. The first-order chi connectivity index (χ1) is 13.8. The maximum absolute atomic E-state index is 12.8. The number of nitrogens with one attached hydrogen (secondary N) is 1. The lowest BCUT2D eigenvalue weighted by Crippen LogP contribution is -2.49. The fourth-order valence-electron chi connectivity index (χ4n) is 3.12. The smallest absolute Gasteiger partial charge is 0.243 e. The quantitative estimate of drug-likeness (QED) is 0.574. The van der Waals surface area contributed by atoms with Crippen LogP contribution in [0.2, 0.25) is 5.02 Å². The molecular weight excluding hydrogens is 412 g/mol. The zero-order valence-electron chi connectivity index (χ0n) is 16.9. The van der Waals surface area contributed by atoms with E-state index in [1.807, 2.05) is 24.3 Å². The number of aryl methyl sites for hydroxylation is 1. The Morgan fingerprint density at radius 2 is 1.93 bits per heavy atom. The molecule has 2 aromatic carbocycles. The third kappa shape index (κ3) is 6.65. The van der Waals surface area contributed by atoms with Crippen LogP contribution in [-0.4, -0.2) is 40.3 Å². The molecule has 0 saturated carbocycles. The predicted octanol–water partition coefficient (Wildman–Crippen LogP) is 3.64. The highest BCUT2D eigenvalue weighted by molar-refractivity contribution is 7.92. The monoisotopic (exact) mass is 438 g/mol. The molecule has 6 nitrogen and oxygen atoms in total. The van der Waals surface area contributed by atoms with Gasteiger partial charge < -0.3 is 10.1 Å². The van der Waals surface area contributed by atoms with Gasteiger partial charge in [0, 0.05) is 11.6 Å². The van der Waals surface area contributed by atoms with E-state index < -0.39 is 16.1 Å². The number of amides is 1. The average molecular weight is 439 g/mol. The van der Waals surface area contributed by atoms with Gasteiger partial charge in [-0.2, -0.15) is 0 Å². The van der Waals surface area contributed by atoms with E-state index in [0.29, 0.717) is 23.7 Å². The summed E-state index contributed by atoms with van der Waals surface area (Å²) in [5.41, 5.74) is 1.49. The Balaban J connectivity index is 2.03. The number of halogens is 1. The minimum Gasteiger partial charge on any atom is -0.497 e. The van der Waals surface area contributed by atoms with Crippen molar-refractivity contribution in [2.24, 2.45) is 0 Å². The molecule has 1 N–H and O–H groups in total. The molecule has 8 heteroatoms. The Kier molecular flexibility index (Phi) is 8.34. The molecule has 0 aliphatic carbocycles. The van der Waals surface area contributed by atoms with Crippen LogP contribution in [0.25, 0.3) is 0 Å². The van der Waals surface area contributed by atoms with Crippen LogP contribution in [0.15, 0.2) is 48.5 Å². The van der Waals surface area contributed by atoms with E-state index in [-0.39, 0.29) is 5.91 Å². The number of carbonyl (C=O) groups excluding carboxylic acids is 1. The Labute approximate surface area is 177 Å². The van der Waals surface area contributed by atoms with Crippen molar-refractivity contribution >= 4 is 33.2 Å². The van der Waals surface area contributed by atoms with Gasteiger partial charge in [0.15, 0.2) is 0 Å². The van der Waals surface area contributed by atoms with Crippen LogP contribution in [0.3, 0.4) is 0 Å². The summed E-state index contributed by atoms with van der Waals surface area (Å²) in [6.45, 7) is 2.23. The third-order valence-electron chi connectivity index (χ3n) is 4.47. The van der Waals surface area contributed by atoms with Crippen LogP contribution in [0, 0.1) is 0 Å². The van der Waals surface area contributed by atoms with Gasteiger partial charge in [0.25, 0.3) is 0 Å².